The lowest BCUT2D eigenvalue weighted by Gasteiger charge is -2.12. The Morgan fingerprint density at radius 3 is 1.88 bits per heavy atom. The van der Waals surface area contributed by atoms with E-state index in [0.717, 1.165) is 16.7 Å². The van der Waals surface area contributed by atoms with Gasteiger partial charge in [-0.2, -0.15) is 0 Å². The molecule has 0 amide bonds. The van der Waals surface area contributed by atoms with E-state index in [9.17, 15) is 5.11 Å². The van der Waals surface area contributed by atoms with Crippen LogP contribution >= 0.6 is 0 Å². The fraction of sp³-hybridized carbons (Fsp3) is 0.200. The van der Waals surface area contributed by atoms with Crippen molar-refractivity contribution in [2.75, 3.05) is 0 Å². The van der Waals surface area contributed by atoms with Crippen molar-refractivity contribution in [3.63, 3.8) is 0 Å². The monoisotopic (exact) mass is 227 g/mol. The summed E-state index contributed by atoms with van der Waals surface area (Å²) in [6.07, 6.45) is -0.567. The van der Waals surface area contributed by atoms with Crippen LogP contribution in [0, 0.1) is 6.92 Å². The van der Waals surface area contributed by atoms with E-state index in [1.54, 1.807) is 0 Å². The van der Waals surface area contributed by atoms with Crippen LogP contribution in [0.2, 0.25) is 0 Å². The van der Waals surface area contributed by atoms with E-state index in [2.05, 4.69) is 0 Å². The van der Waals surface area contributed by atoms with Crippen molar-refractivity contribution in [3.8, 4) is 0 Å². The lowest BCUT2D eigenvalue weighted by atomic mass is 9.99. The third kappa shape index (κ3) is 2.73. The Morgan fingerprint density at radius 2 is 1.41 bits per heavy atom. The normalized spacial score (nSPS) is 12.4. The first-order valence-electron chi connectivity index (χ1n) is 5.74. The molecule has 0 radical (unpaired) electrons. The van der Waals surface area contributed by atoms with E-state index >= 15 is 0 Å². The largest absolute Gasteiger partial charge is 0.384 e. The number of nitrogens with two attached hydrogens (primary N) is 1. The van der Waals surface area contributed by atoms with Gasteiger partial charge in [-0.1, -0.05) is 54.1 Å². The molecule has 2 aromatic carbocycles. The number of benzene rings is 2. The maximum atomic E-state index is 10.2. The molecule has 1 atom stereocenters. The summed E-state index contributed by atoms with van der Waals surface area (Å²) in [7, 11) is 0. The Kier molecular flexibility index (Phi) is 3.57. The molecule has 0 saturated heterocycles. The van der Waals surface area contributed by atoms with Crippen molar-refractivity contribution < 1.29 is 5.11 Å². The van der Waals surface area contributed by atoms with Gasteiger partial charge in [-0.05, 0) is 23.6 Å². The van der Waals surface area contributed by atoms with Gasteiger partial charge in [-0.25, -0.2) is 0 Å². The summed E-state index contributed by atoms with van der Waals surface area (Å²) in [5.41, 5.74) is 9.62. The highest BCUT2D eigenvalue weighted by Gasteiger charge is 2.09. The van der Waals surface area contributed by atoms with Gasteiger partial charge in [0, 0.05) is 6.54 Å². The van der Waals surface area contributed by atoms with Crippen molar-refractivity contribution in [3.05, 3.63) is 70.8 Å². The topological polar surface area (TPSA) is 46.2 Å². The van der Waals surface area contributed by atoms with Crippen LogP contribution in [0.15, 0.2) is 48.5 Å². The SMILES string of the molecule is Cc1ccc(C(O)c2ccc(CN)cc2)cc1. The zero-order valence-corrected chi connectivity index (χ0v) is 9.93. The molecular weight excluding hydrogens is 210 g/mol. The predicted molar refractivity (Wildman–Crippen MR) is 69.6 cm³/mol. The molecule has 0 aliphatic rings. The maximum absolute atomic E-state index is 10.2. The highest BCUT2D eigenvalue weighted by molar-refractivity contribution is 5.33. The van der Waals surface area contributed by atoms with Crippen molar-refractivity contribution in [1.29, 1.82) is 0 Å². The van der Waals surface area contributed by atoms with Crippen LogP contribution in [0.1, 0.15) is 28.4 Å². The minimum absolute atomic E-state index is 0.529. The van der Waals surface area contributed by atoms with E-state index in [1.165, 1.54) is 5.56 Å². The molecule has 2 aromatic rings. The van der Waals surface area contributed by atoms with Gasteiger partial charge in [0.25, 0.3) is 0 Å². The van der Waals surface area contributed by atoms with Gasteiger partial charge in [0.1, 0.15) is 6.10 Å². The standard InChI is InChI=1S/C15H17NO/c1-11-2-6-13(7-3-11)15(17)14-8-4-12(10-16)5-9-14/h2-9,15,17H,10,16H2,1H3. The minimum Gasteiger partial charge on any atom is -0.384 e. The summed E-state index contributed by atoms with van der Waals surface area (Å²) >= 11 is 0. The van der Waals surface area contributed by atoms with E-state index < -0.39 is 6.10 Å². The molecule has 0 saturated carbocycles. The minimum atomic E-state index is -0.567. The molecule has 2 rings (SSSR count). The Bertz CT molecular complexity index is 473. The third-order valence-corrected chi connectivity index (χ3v) is 2.92. The van der Waals surface area contributed by atoms with Gasteiger partial charge in [0.05, 0.1) is 0 Å². The lowest BCUT2D eigenvalue weighted by molar-refractivity contribution is 0.220. The molecule has 0 bridgehead atoms. The first kappa shape index (κ1) is 11.8. The van der Waals surface area contributed by atoms with Gasteiger partial charge in [-0.3, -0.25) is 0 Å². The highest BCUT2D eigenvalue weighted by atomic mass is 16.3. The first-order chi connectivity index (χ1) is 8.20. The number of aliphatic hydroxyl groups is 1. The molecule has 3 N–H and O–H groups in total. The van der Waals surface area contributed by atoms with Crippen molar-refractivity contribution >= 4 is 0 Å². The summed E-state index contributed by atoms with van der Waals surface area (Å²) in [5, 5.41) is 10.2. The molecule has 1 unspecified atom stereocenters. The summed E-state index contributed by atoms with van der Waals surface area (Å²) in [6.45, 7) is 2.56. The number of aryl methyl sites for hydroxylation is 1. The second kappa shape index (κ2) is 5.13. The fourth-order valence-electron chi connectivity index (χ4n) is 1.78. The maximum Gasteiger partial charge on any atom is 0.104 e. The number of hydrogen-bond donors (Lipinski definition) is 2. The number of rotatable bonds is 3. The van der Waals surface area contributed by atoms with E-state index in [-0.39, 0.29) is 0 Å². The van der Waals surface area contributed by atoms with Crippen LogP contribution in [0.5, 0.6) is 0 Å². The molecule has 2 heteroatoms. The number of hydrogen-bond acceptors (Lipinski definition) is 2. The molecule has 0 heterocycles. The zero-order chi connectivity index (χ0) is 12.3. The molecule has 17 heavy (non-hydrogen) atoms. The van der Waals surface area contributed by atoms with Gasteiger partial charge >= 0.3 is 0 Å². The predicted octanol–water partition coefficient (Wildman–Crippen LogP) is 2.54. The van der Waals surface area contributed by atoms with E-state index in [4.69, 9.17) is 5.73 Å². The highest BCUT2D eigenvalue weighted by Crippen LogP contribution is 2.22. The molecule has 0 aromatic heterocycles. The van der Waals surface area contributed by atoms with Crippen LogP contribution in [-0.2, 0) is 6.54 Å². The first-order valence-corrected chi connectivity index (χ1v) is 5.74. The second-order valence-electron chi connectivity index (χ2n) is 4.26. The second-order valence-corrected chi connectivity index (χ2v) is 4.26. The summed E-state index contributed by atoms with van der Waals surface area (Å²) in [5.74, 6) is 0. The zero-order valence-electron chi connectivity index (χ0n) is 9.93. The van der Waals surface area contributed by atoms with Crippen LogP contribution in [0.3, 0.4) is 0 Å². The smallest absolute Gasteiger partial charge is 0.104 e. The van der Waals surface area contributed by atoms with Crippen molar-refractivity contribution in [2.24, 2.45) is 5.73 Å². The molecule has 88 valence electrons. The van der Waals surface area contributed by atoms with Gasteiger partial charge in [0.15, 0.2) is 0 Å². The number of aliphatic hydroxyl groups excluding tert-OH is 1. The Balaban J connectivity index is 2.23. The molecule has 2 nitrogen and oxygen atoms in total. The van der Waals surface area contributed by atoms with Gasteiger partial charge in [0.2, 0.25) is 0 Å². The third-order valence-electron chi connectivity index (χ3n) is 2.92. The molecule has 0 aliphatic carbocycles. The quantitative estimate of drug-likeness (QED) is 0.846. The molecule has 0 spiro atoms. The van der Waals surface area contributed by atoms with Gasteiger partial charge < -0.3 is 10.8 Å². The van der Waals surface area contributed by atoms with Crippen LogP contribution in [-0.4, -0.2) is 5.11 Å². The molecule has 0 aliphatic heterocycles. The average molecular weight is 227 g/mol. The summed E-state index contributed by atoms with van der Waals surface area (Å²) < 4.78 is 0. The van der Waals surface area contributed by atoms with E-state index in [1.807, 2.05) is 55.5 Å². The van der Waals surface area contributed by atoms with Crippen molar-refractivity contribution in [2.45, 2.75) is 19.6 Å². The van der Waals surface area contributed by atoms with Crippen LogP contribution in [0.25, 0.3) is 0 Å². The summed E-state index contributed by atoms with van der Waals surface area (Å²) in [6, 6.07) is 15.7. The fourth-order valence-corrected chi connectivity index (χ4v) is 1.78. The van der Waals surface area contributed by atoms with Gasteiger partial charge in [-0.15, -0.1) is 0 Å². The lowest BCUT2D eigenvalue weighted by Crippen LogP contribution is -2.01. The Labute approximate surface area is 102 Å². The van der Waals surface area contributed by atoms with Crippen LogP contribution < -0.4 is 5.73 Å². The Morgan fingerprint density at radius 1 is 0.941 bits per heavy atom. The summed E-state index contributed by atoms with van der Waals surface area (Å²) in [4.78, 5) is 0. The average Bonchev–Trinajstić information content (AvgIpc) is 2.39. The molecular formula is C15H17NO. The van der Waals surface area contributed by atoms with Crippen LogP contribution in [0.4, 0.5) is 0 Å². The van der Waals surface area contributed by atoms with Crippen molar-refractivity contribution in [1.82, 2.24) is 0 Å². The Hall–Kier alpha value is -1.64. The van der Waals surface area contributed by atoms with E-state index in [0.29, 0.717) is 6.54 Å². The molecule has 0 fully saturated rings.